The fourth-order valence-electron chi connectivity index (χ4n) is 12.1. The first kappa shape index (κ1) is 48.3. The third kappa shape index (κ3) is 10.1. The van der Waals surface area contributed by atoms with Crippen LogP contribution in [0.1, 0.15) is 106 Å². The highest BCUT2D eigenvalue weighted by molar-refractivity contribution is 7.46. The molecule has 9 heterocycles. The Morgan fingerprint density at radius 1 is 0.883 bits per heavy atom. The number of imide groups is 2. The molecular formula is C54H62N11O11P. The van der Waals surface area contributed by atoms with Crippen molar-refractivity contribution in [1.29, 1.82) is 0 Å². The van der Waals surface area contributed by atoms with Gasteiger partial charge in [0.1, 0.15) is 29.1 Å². The van der Waals surface area contributed by atoms with E-state index < -0.39 is 56.3 Å². The van der Waals surface area contributed by atoms with Gasteiger partial charge in [-0.2, -0.15) is 0 Å². The molecule has 0 radical (unpaired) electrons. The zero-order valence-corrected chi connectivity index (χ0v) is 44.0. The van der Waals surface area contributed by atoms with Crippen LogP contribution in [0.4, 0.5) is 28.7 Å². The third-order valence-electron chi connectivity index (χ3n) is 15.8. The van der Waals surface area contributed by atoms with Gasteiger partial charge in [0, 0.05) is 110 Å². The van der Waals surface area contributed by atoms with Crippen molar-refractivity contribution in [2.24, 2.45) is 12.4 Å². The number of aryl methyl sites for hydroxylation is 1. The van der Waals surface area contributed by atoms with Crippen molar-refractivity contribution in [1.82, 2.24) is 34.2 Å². The van der Waals surface area contributed by atoms with Crippen molar-refractivity contribution >= 4 is 66.1 Å². The zero-order valence-electron chi connectivity index (χ0n) is 46.1. The summed E-state index contributed by atoms with van der Waals surface area (Å²) in [6, 6.07) is 13.2. The molecular weight excluding hydrogens is 1010 g/mol. The topological polar surface area (TPSA) is 254 Å². The fourth-order valence-corrected chi connectivity index (χ4v) is 12.5. The van der Waals surface area contributed by atoms with Gasteiger partial charge in [0.2, 0.25) is 11.8 Å². The van der Waals surface area contributed by atoms with Crippen LogP contribution in [-0.2, 0) is 56.4 Å². The number of hydrogen-bond acceptors (Lipinski definition) is 15. The van der Waals surface area contributed by atoms with Gasteiger partial charge in [-0.15, -0.1) is 0 Å². The number of anilines is 5. The number of nitrogens with one attached hydrogen (secondary N) is 2. The van der Waals surface area contributed by atoms with E-state index in [-0.39, 0.29) is 82.9 Å². The van der Waals surface area contributed by atoms with Gasteiger partial charge in [-0.05, 0) is 111 Å². The molecule has 5 aromatic rings. The highest BCUT2D eigenvalue weighted by Gasteiger charge is 2.45. The lowest BCUT2D eigenvalue weighted by Crippen LogP contribution is -2.57. The maximum atomic E-state index is 14.4. The Kier molecular flexibility index (Phi) is 12.6. The Labute approximate surface area is 448 Å². The first-order valence-electron chi connectivity index (χ1n) is 27.4. The first-order valence-corrected chi connectivity index (χ1v) is 27.4. The Morgan fingerprint density at radius 3 is 2.39 bits per heavy atom. The summed E-state index contributed by atoms with van der Waals surface area (Å²) in [6.07, 6.45) is 6.49. The lowest BCUT2D eigenvalue weighted by molar-refractivity contribution is -0.136. The van der Waals surface area contributed by atoms with E-state index in [1.54, 1.807) is 30.5 Å². The highest BCUT2D eigenvalue weighted by atomic mass is 31.2. The van der Waals surface area contributed by atoms with Gasteiger partial charge in [-0.25, -0.2) is 14.5 Å². The Balaban J connectivity index is 0.776. The largest absolute Gasteiger partial charge is 0.471 e. The predicted molar refractivity (Wildman–Crippen MR) is 284 cm³/mol. The first-order chi connectivity index (χ1) is 37.9. The van der Waals surface area contributed by atoms with Crippen LogP contribution < -0.4 is 30.9 Å². The molecule has 5 aliphatic heterocycles. The van der Waals surface area contributed by atoms with Crippen LogP contribution in [0.3, 0.4) is 0 Å². The molecule has 0 saturated carbocycles. The molecule has 0 bridgehead atoms. The summed E-state index contributed by atoms with van der Waals surface area (Å²) in [4.78, 5) is 117. The average molecular weight is 1080 g/mol. The average Bonchev–Trinajstić information content (AvgIpc) is 4.12. The highest BCUT2D eigenvalue weighted by Crippen LogP contribution is 2.42. The van der Waals surface area contributed by atoms with Crippen LogP contribution in [-0.4, -0.2) is 132 Å². The number of piperazine rings is 1. The summed E-state index contributed by atoms with van der Waals surface area (Å²) in [7, 11) is -4.98. The second-order valence-electron chi connectivity index (χ2n) is 21.5. The molecule has 77 heavy (non-hydrogen) atoms. The van der Waals surface area contributed by atoms with E-state index in [0.29, 0.717) is 35.0 Å². The molecule has 3 fully saturated rings. The summed E-state index contributed by atoms with van der Waals surface area (Å²) < 4.78 is 50.2. The number of piperidine rings is 2. The van der Waals surface area contributed by atoms with Crippen LogP contribution in [0.5, 0.6) is 0 Å². The number of carbonyl (C=O) groups excluding carboxylic acids is 5. The van der Waals surface area contributed by atoms with Crippen LogP contribution in [0.15, 0.2) is 71.9 Å². The second kappa shape index (κ2) is 20.1. The minimum absolute atomic E-state index is 0.0510. The fraction of sp³-hybridized carbons (Fsp3) is 0.444. The van der Waals surface area contributed by atoms with Crippen LogP contribution >= 0.6 is 7.82 Å². The molecule has 4 N–H and O–H groups in total. The van der Waals surface area contributed by atoms with E-state index in [2.05, 4.69) is 60.6 Å². The molecule has 1 aliphatic carbocycles. The molecule has 1 unspecified atom stereocenters. The van der Waals surface area contributed by atoms with Crippen molar-refractivity contribution in [2.75, 3.05) is 59.3 Å². The van der Waals surface area contributed by atoms with E-state index in [0.717, 1.165) is 79.4 Å². The molecule has 404 valence electrons. The van der Waals surface area contributed by atoms with E-state index >= 15 is 0 Å². The molecule has 22 nitrogen and oxygen atoms in total. The molecule has 23 heteroatoms. The number of ether oxygens (including phenoxy) is 1. The van der Waals surface area contributed by atoms with E-state index in [4.69, 9.17) is 13.4 Å². The van der Waals surface area contributed by atoms with Gasteiger partial charge in [-0.3, -0.25) is 53.3 Å². The maximum absolute atomic E-state index is 14.4. The molecule has 11 rings (SSSR count). The predicted octanol–water partition coefficient (Wildman–Crippen LogP) is 4.73. The lowest BCUT2D eigenvalue weighted by atomic mass is 9.90. The smallest absolute Gasteiger partial charge is 0.371 e. The van der Waals surface area contributed by atoms with Crippen molar-refractivity contribution in [3.8, 4) is 11.1 Å². The standard InChI is InChI=1S/C54H62N11O11P/c1-31-28-61(35-13-16-60(17-14-35)36-6-8-39-40(24-36)51(69)65(50(39)68)43-9-11-47(66)58-49(43)67)18-19-62(31)37-7-10-46(56-27-37)57-42-22-34(29-59(5)52(42)70)38-12-15-55-48(41(38)30-75-32(2)76-77(72,73)74)64-21-20-63-44(53(64)71)23-33-25-54(3,4)26-45(33)63/h6-8,10,12,15,22-24,27,29,31-32,35,43H,9,11,13-14,16-21,25-26,28,30H2,1-5H3,(H,56,57)(H,58,66,67)(H2,72,73,74)/t31-,32?,43-/m0/s1/i5D3. The quantitative estimate of drug-likeness (QED) is 0.0707. The van der Waals surface area contributed by atoms with Crippen molar-refractivity contribution < 1.29 is 51.7 Å². The molecule has 3 atom stereocenters. The second-order valence-corrected chi connectivity index (χ2v) is 22.7. The number of phosphoric ester groups is 1. The van der Waals surface area contributed by atoms with E-state index in [9.17, 15) is 43.1 Å². The summed E-state index contributed by atoms with van der Waals surface area (Å²) in [5.74, 6) is -2.01. The SMILES string of the molecule is [2H]C([2H])([2H])n1cc(-c2ccnc(N3CCn4c(cc5c4CC(C)(C)C5)C3=O)c2COC(C)OP(=O)(O)O)cc(Nc2ccc(N3CCN(C4CCN(c5ccc6c(c5)C(=O)N([C@H]5CCC(=O)NC5=O)C6=O)CC4)C[C@@H]3C)cn2)c1=O. The molecule has 3 saturated heterocycles. The number of rotatable bonds is 13. The van der Waals surface area contributed by atoms with E-state index in [1.165, 1.54) is 30.3 Å². The normalized spacial score (nSPS) is 22.1. The van der Waals surface area contributed by atoms with Gasteiger partial charge in [0.25, 0.3) is 23.3 Å². The van der Waals surface area contributed by atoms with Crippen molar-refractivity contribution in [3.05, 3.63) is 111 Å². The maximum Gasteiger partial charge on any atom is 0.471 e. The third-order valence-corrected chi connectivity index (χ3v) is 16.3. The summed E-state index contributed by atoms with van der Waals surface area (Å²) in [5.41, 5.74) is 4.86. The monoisotopic (exact) mass is 1070 g/mol. The number of benzene rings is 1. The number of fused-ring (bicyclic) bond motifs is 4. The summed E-state index contributed by atoms with van der Waals surface area (Å²) >= 11 is 0. The van der Waals surface area contributed by atoms with E-state index in [1.807, 2.05) is 18.2 Å². The van der Waals surface area contributed by atoms with Gasteiger partial charge in [0.15, 0.2) is 6.29 Å². The van der Waals surface area contributed by atoms with Crippen molar-refractivity contribution in [2.45, 2.75) is 104 Å². The van der Waals surface area contributed by atoms with Gasteiger partial charge < -0.3 is 38.8 Å². The summed E-state index contributed by atoms with van der Waals surface area (Å²) in [5, 5.41) is 5.28. The number of carbonyl (C=O) groups is 5. The molecule has 1 aromatic carbocycles. The Hall–Kier alpha value is -7.07. The van der Waals surface area contributed by atoms with Crippen LogP contribution in [0, 0.1) is 5.41 Å². The Bertz CT molecular complexity index is 3470. The summed E-state index contributed by atoms with van der Waals surface area (Å²) in [6.45, 7) is 9.00. The lowest BCUT2D eigenvalue weighted by Gasteiger charge is -2.46. The van der Waals surface area contributed by atoms with Crippen LogP contribution in [0.25, 0.3) is 11.1 Å². The number of amides is 5. The number of phosphoric acid groups is 1. The molecule has 5 amide bonds. The van der Waals surface area contributed by atoms with Gasteiger partial charge in [-0.1, -0.05) is 13.8 Å². The number of pyridine rings is 3. The Morgan fingerprint density at radius 2 is 1.66 bits per heavy atom. The number of hydrogen-bond donors (Lipinski definition) is 4. The zero-order chi connectivity index (χ0) is 56.7. The van der Waals surface area contributed by atoms with Gasteiger partial charge >= 0.3 is 7.82 Å². The van der Waals surface area contributed by atoms with Crippen LogP contribution in [0.2, 0.25) is 0 Å². The van der Waals surface area contributed by atoms with Crippen molar-refractivity contribution in [3.63, 3.8) is 0 Å². The number of aromatic nitrogens is 4. The minimum Gasteiger partial charge on any atom is -0.371 e. The number of nitrogens with zero attached hydrogens (tertiary/aromatic N) is 9. The minimum atomic E-state index is -4.98. The molecule has 6 aliphatic rings. The molecule has 4 aromatic heterocycles. The molecule has 0 spiro atoms. The van der Waals surface area contributed by atoms with Gasteiger partial charge in [0.05, 0.1) is 29.6 Å².